The molecule has 0 saturated heterocycles. The molecule has 0 aliphatic heterocycles. The summed E-state index contributed by atoms with van der Waals surface area (Å²) in [7, 11) is 0. The number of carbonyl (C=O) groups is 2. The maximum Gasteiger partial charge on any atom is 0.306 e. The van der Waals surface area contributed by atoms with Gasteiger partial charge in [0.05, 0.1) is 13.0 Å². The summed E-state index contributed by atoms with van der Waals surface area (Å²) in [5.74, 6) is -0.420. The van der Waals surface area contributed by atoms with Gasteiger partial charge < -0.3 is 10.1 Å². The van der Waals surface area contributed by atoms with Gasteiger partial charge in [0, 0.05) is 12.5 Å². The summed E-state index contributed by atoms with van der Waals surface area (Å²) >= 11 is 0. The first-order chi connectivity index (χ1) is 7.27. The molecule has 4 nitrogen and oxygen atoms in total. The van der Waals surface area contributed by atoms with Crippen molar-refractivity contribution in [1.82, 2.24) is 5.32 Å². The van der Waals surface area contributed by atoms with Gasteiger partial charge in [-0.2, -0.15) is 0 Å². The molecule has 0 radical (unpaired) electrons. The van der Waals surface area contributed by atoms with Gasteiger partial charge in [-0.1, -0.05) is 20.8 Å². The molecule has 0 aliphatic rings. The first kappa shape index (κ1) is 14.9. The Bertz CT molecular complexity index is 243. The van der Waals surface area contributed by atoms with Gasteiger partial charge in [-0.15, -0.1) is 0 Å². The van der Waals surface area contributed by atoms with E-state index in [1.54, 1.807) is 6.92 Å². The summed E-state index contributed by atoms with van der Waals surface area (Å²) < 4.78 is 4.75. The highest BCUT2D eigenvalue weighted by Crippen LogP contribution is 2.18. The zero-order valence-electron chi connectivity index (χ0n) is 10.9. The van der Waals surface area contributed by atoms with Crippen LogP contribution in [0.25, 0.3) is 0 Å². The van der Waals surface area contributed by atoms with E-state index >= 15 is 0 Å². The third kappa shape index (κ3) is 6.43. The van der Waals surface area contributed by atoms with Crippen LogP contribution in [0.4, 0.5) is 0 Å². The largest absolute Gasteiger partial charge is 0.466 e. The number of hydrogen-bond donors (Lipinski definition) is 1. The van der Waals surface area contributed by atoms with Crippen molar-refractivity contribution in [3.63, 3.8) is 0 Å². The van der Waals surface area contributed by atoms with Crippen molar-refractivity contribution in [3.05, 3.63) is 0 Å². The van der Waals surface area contributed by atoms with Crippen LogP contribution in [0.15, 0.2) is 0 Å². The lowest BCUT2D eigenvalue weighted by molar-refractivity contribution is -0.144. The van der Waals surface area contributed by atoms with Crippen LogP contribution in [0.1, 0.15) is 47.5 Å². The maximum absolute atomic E-state index is 11.5. The van der Waals surface area contributed by atoms with E-state index in [9.17, 15) is 9.59 Å². The average Bonchev–Trinajstić information content (AvgIpc) is 2.13. The number of rotatable bonds is 5. The van der Waals surface area contributed by atoms with Crippen LogP contribution in [0.2, 0.25) is 0 Å². The van der Waals surface area contributed by atoms with Crippen LogP contribution >= 0.6 is 0 Å². The molecule has 0 bridgehead atoms. The molecule has 0 aromatic rings. The molecule has 94 valence electrons. The van der Waals surface area contributed by atoms with E-state index < -0.39 is 0 Å². The Morgan fingerprint density at radius 3 is 2.25 bits per heavy atom. The van der Waals surface area contributed by atoms with E-state index in [0.717, 1.165) is 0 Å². The molecule has 0 spiro atoms. The standard InChI is InChI=1S/C12H23NO3/c1-6-16-11(15)8-7-10(14)13-9(2)12(3,4)5/h9H,6-8H2,1-5H3,(H,13,14). The summed E-state index contributed by atoms with van der Waals surface area (Å²) in [6, 6.07) is 0.0854. The molecule has 0 aromatic carbocycles. The van der Waals surface area contributed by atoms with Crippen LogP contribution in [0, 0.1) is 5.41 Å². The van der Waals surface area contributed by atoms with Crippen molar-refractivity contribution in [2.45, 2.75) is 53.5 Å². The molecule has 0 aliphatic carbocycles. The Kier molecular flexibility index (Phi) is 6.08. The highest BCUT2D eigenvalue weighted by molar-refractivity contribution is 5.81. The molecular formula is C12H23NO3. The Labute approximate surface area is 97.7 Å². The number of ether oxygens (including phenoxy) is 1. The Morgan fingerprint density at radius 1 is 1.25 bits per heavy atom. The SMILES string of the molecule is CCOC(=O)CCC(=O)NC(C)C(C)(C)C. The fourth-order valence-corrected chi connectivity index (χ4v) is 0.979. The Morgan fingerprint density at radius 2 is 1.81 bits per heavy atom. The first-order valence-corrected chi connectivity index (χ1v) is 5.72. The van der Waals surface area contributed by atoms with Crippen LogP contribution in [0.3, 0.4) is 0 Å². The molecule has 1 unspecified atom stereocenters. The molecule has 0 fully saturated rings. The molecule has 0 aromatic heterocycles. The smallest absolute Gasteiger partial charge is 0.306 e. The summed E-state index contributed by atoms with van der Waals surface area (Å²) in [6.45, 7) is 10.2. The van der Waals surface area contributed by atoms with E-state index in [4.69, 9.17) is 4.74 Å². The molecule has 16 heavy (non-hydrogen) atoms. The second kappa shape index (κ2) is 6.51. The molecule has 4 heteroatoms. The summed E-state index contributed by atoms with van der Waals surface area (Å²) in [5.41, 5.74) is 0.0274. The molecule has 0 heterocycles. The lowest BCUT2D eigenvalue weighted by Crippen LogP contribution is -2.41. The highest BCUT2D eigenvalue weighted by Gasteiger charge is 2.21. The Hall–Kier alpha value is -1.06. The van der Waals surface area contributed by atoms with E-state index in [1.165, 1.54) is 0 Å². The summed E-state index contributed by atoms with van der Waals surface area (Å²) in [5, 5.41) is 2.87. The van der Waals surface area contributed by atoms with Crippen LogP contribution < -0.4 is 5.32 Å². The zero-order valence-corrected chi connectivity index (χ0v) is 10.9. The van der Waals surface area contributed by atoms with Gasteiger partial charge in [0.25, 0.3) is 0 Å². The molecule has 0 saturated carbocycles. The topological polar surface area (TPSA) is 55.4 Å². The normalized spacial score (nSPS) is 13.1. The van der Waals surface area contributed by atoms with Gasteiger partial charge in [-0.25, -0.2) is 0 Å². The Balaban J connectivity index is 3.88. The second-order valence-electron chi connectivity index (χ2n) is 4.96. The van der Waals surface area contributed by atoms with Gasteiger partial charge in [0.15, 0.2) is 0 Å². The third-order valence-corrected chi connectivity index (χ3v) is 2.54. The van der Waals surface area contributed by atoms with E-state index in [2.05, 4.69) is 26.1 Å². The minimum atomic E-state index is -0.318. The van der Waals surface area contributed by atoms with Gasteiger partial charge in [0.2, 0.25) is 5.91 Å². The highest BCUT2D eigenvalue weighted by atomic mass is 16.5. The van der Waals surface area contributed by atoms with E-state index in [-0.39, 0.29) is 36.2 Å². The predicted octanol–water partition coefficient (Wildman–Crippen LogP) is 1.88. The van der Waals surface area contributed by atoms with Gasteiger partial charge in [-0.05, 0) is 19.3 Å². The first-order valence-electron chi connectivity index (χ1n) is 5.72. The summed E-state index contributed by atoms with van der Waals surface area (Å²) in [4.78, 5) is 22.5. The van der Waals surface area contributed by atoms with Crippen LogP contribution in [0.5, 0.6) is 0 Å². The monoisotopic (exact) mass is 229 g/mol. The van der Waals surface area contributed by atoms with Crippen molar-refractivity contribution >= 4 is 11.9 Å². The second-order valence-corrected chi connectivity index (χ2v) is 4.96. The number of carbonyl (C=O) groups excluding carboxylic acids is 2. The summed E-state index contributed by atoms with van der Waals surface area (Å²) in [6.07, 6.45) is 0.343. The van der Waals surface area contributed by atoms with Crippen molar-refractivity contribution in [3.8, 4) is 0 Å². The van der Waals surface area contributed by atoms with Crippen LogP contribution in [-0.2, 0) is 14.3 Å². The molecule has 1 N–H and O–H groups in total. The zero-order chi connectivity index (χ0) is 12.8. The fourth-order valence-electron chi connectivity index (χ4n) is 0.979. The van der Waals surface area contributed by atoms with Gasteiger partial charge in [0.1, 0.15) is 0 Å². The van der Waals surface area contributed by atoms with Crippen molar-refractivity contribution in [1.29, 1.82) is 0 Å². The van der Waals surface area contributed by atoms with Gasteiger partial charge >= 0.3 is 5.97 Å². The van der Waals surface area contributed by atoms with E-state index in [1.807, 2.05) is 6.92 Å². The predicted molar refractivity (Wildman–Crippen MR) is 62.9 cm³/mol. The molecule has 1 amide bonds. The van der Waals surface area contributed by atoms with Crippen LogP contribution in [-0.4, -0.2) is 24.5 Å². The lowest BCUT2D eigenvalue weighted by Gasteiger charge is -2.28. The fraction of sp³-hybridized carbons (Fsp3) is 0.833. The van der Waals surface area contributed by atoms with Crippen molar-refractivity contribution in [2.24, 2.45) is 5.41 Å². The third-order valence-electron chi connectivity index (χ3n) is 2.54. The number of nitrogens with one attached hydrogen (secondary N) is 1. The molecule has 0 rings (SSSR count). The minimum absolute atomic E-state index is 0.0274. The maximum atomic E-state index is 11.5. The van der Waals surface area contributed by atoms with Crippen molar-refractivity contribution in [2.75, 3.05) is 6.61 Å². The van der Waals surface area contributed by atoms with Crippen molar-refractivity contribution < 1.29 is 14.3 Å². The molecular weight excluding hydrogens is 206 g/mol. The lowest BCUT2D eigenvalue weighted by atomic mass is 9.88. The minimum Gasteiger partial charge on any atom is -0.466 e. The number of hydrogen-bond acceptors (Lipinski definition) is 3. The number of amides is 1. The quantitative estimate of drug-likeness (QED) is 0.732. The van der Waals surface area contributed by atoms with E-state index in [0.29, 0.717) is 6.61 Å². The number of esters is 1. The van der Waals surface area contributed by atoms with Gasteiger partial charge in [-0.3, -0.25) is 9.59 Å². The average molecular weight is 229 g/mol. The molecule has 1 atom stereocenters.